The molecule has 0 saturated carbocycles. The van der Waals surface area contributed by atoms with Gasteiger partial charge in [-0.2, -0.15) is 0 Å². The van der Waals surface area contributed by atoms with Gasteiger partial charge in [0.05, 0.1) is 0 Å². The predicted molar refractivity (Wildman–Crippen MR) is 73.4 cm³/mol. The van der Waals surface area contributed by atoms with Crippen LogP contribution < -0.4 is 16.4 Å². The number of para-hydroxylation sites is 1. The summed E-state index contributed by atoms with van der Waals surface area (Å²) in [5.41, 5.74) is 8.02. The molecule has 0 aromatic heterocycles. The Kier molecular flexibility index (Phi) is 4.76. The number of primary amides is 1. The molecule has 0 saturated heterocycles. The van der Waals surface area contributed by atoms with Crippen molar-refractivity contribution in [1.29, 1.82) is 0 Å². The third kappa shape index (κ3) is 3.83. The Morgan fingerprint density at radius 3 is 2.56 bits per heavy atom. The highest BCUT2D eigenvalue weighted by Gasteiger charge is 2.06. The van der Waals surface area contributed by atoms with Gasteiger partial charge >= 0.3 is 6.03 Å². The zero-order valence-electron chi connectivity index (χ0n) is 10.4. The maximum Gasteiger partial charge on any atom is 0.318 e. The van der Waals surface area contributed by atoms with E-state index >= 15 is 0 Å². The molecule has 5 nitrogen and oxygen atoms in total. The van der Waals surface area contributed by atoms with E-state index in [-0.39, 0.29) is 12.5 Å². The second-order valence-corrected chi connectivity index (χ2v) is 3.75. The van der Waals surface area contributed by atoms with Crippen molar-refractivity contribution in [3.8, 4) is 12.3 Å². The van der Waals surface area contributed by atoms with Gasteiger partial charge in [-0.3, -0.25) is 5.32 Å². The number of nitrogens with one attached hydrogen (secondary N) is 2. The number of rotatable bonds is 2. The van der Waals surface area contributed by atoms with Crippen molar-refractivity contribution < 1.29 is 4.79 Å². The molecule has 0 aliphatic rings. The van der Waals surface area contributed by atoms with Gasteiger partial charge in [-0.25, -0.2) is 9.79 Å². The number of amides is 2. The lowest BCUT2D eigenvalue weighted by Gasteiger charge is -2.14. The highest BCUT2D eigenvalue weighted by atomic mass is 16.2. The minimum absolute atomic E-state index is 0.160. The van der Waals surface area contributed by atoms with Crippen LogP contribution in [0.1, 0.15) is 11.1 Å². The van der Waals surface area contributed by atoms with Crippen molar-refractivity contribution >= 4 is 17.7 Å². The van der Waals surface area contributed by atoms with Crippen molar-refractivity contribution in [2.24, 2.45) is 10.7 Å². The van der Waals surface area contributed by atoms with Crippen LogP contribution in [0, 0.1) is 26.2 Å². The Morgan fingerprint density at radius 2 is 2.06 bits per heavy atom. The topological polar surface area (TPSA) is 79.5 Å². The van der Waals surface area contributed by atoms with E-state index in [1.165, 1.54) is 0 Å². The molecular formula is C13H16N4O. The van der Waals surface area contributed by atoms with Crippen LogP contribution in [0.4, 0.5) is 10.5 Å². The van der Waals surface area contributed by atoms with E-state index in [2.05, 4.69) is 21.5 Å². The second-order valence-electron chi connectivity index (χ2n) is 3.75. The Balaban J connectivity index is 2.96. The number of aliphatic imine (C=N–C) groups is 1. The normalized spacial score (nSPS) is 10.6. The average Bonchev–Trinajstić information content (AvgIpc) is 2.30. The van der Waals surface area contributed by atoms with Crippen LogP contribution in [0.25, 0.3) is 0 Å². The van der Waals surface area contributed by atoms with E-state index in [4.69, 9.17) is 12.2 Å². The Labute approximate surface area is 106 Å². The molecule has 2 amide bonds. The first kappa shape index (κ1) is 13.6. The average molecular weight is 244 g/mol. The van der Waals surface area contributed by atoms with Crippen LogP contribution in [0.15, 0.2) is 23.2 Å². The highest BCUT2D eigenvalue weighted by molar-refractivity contribution is 6.03. The third-order valence-corrected chi connectivity index (χ3v) is 2.29. The number of aryl methyl sites for hydroxylation is 2. The lowest BCUT2D eigenvalue weighted by atomic mass is 10.1. The van der Waals surface area contributed by atoms with Crippen molar-refractivity contribution in [1.82, 2.24) is 5.32 Å². The number of hydrogen-bond donors (Lipinski definition) is 3. The zero-order valence-corrected chi connectivity index (χ0v) is 10.4. The molecular weight excluding hydrogens is 228 g/mol. The number of terminal acetylenes is 1. The minimum atomic E-state index is -0.690. The lowest BCUT2D eigenvalue weighted by Crippen LogP contribution is -2.39. The Hall–Kier alpha value is -2.48. The van der Waals surface area contributed by atoms with Crippen LogP contribution in [-0.4, -0.2) is 18.5 Å². The van der Waals surface area contributed by atoms with Crippen LogP contribution in [-0.2, 0) is 0 Å². The number of nitrogens with zero attached hydrogens (tertiary/aromatic N) is 1. The van der Waals surface area contributed by atoms with E-state index in [1.54, 1.807) is 0 Å². The van der Waals surface area contributed by atoms with Gasteiger partial charge in [-0.15, -0.1) is 6.42 Å². The quantitative estimate of drug-likeness (QED) is 0.417. The first-order valence-electron chi connectivity index (χ1n) is 5.42. The molecule has 0 unspecified atom stereocenters. The fraction of sp³-hybridized carbons (Fsp3) is 0.231. The highest BCUT2D eigenvalue weighted by Crippen LogP contribution is 2.18. The largest absolute Gasteiger partial charge is 0.351 e. The molecule has 1 rings (SSSR count). The summed E-state index contributed by atoms with van der Waals surface area (Å²) in [6.07, 6.45) is 5.13. The maximum atomic E-state index is 10.9. The van der Waals surface area contributed by atoms with E-state index in [0.29, 0.717) is 0 Å². The molecule has 0 atom stereocenters. The number of urea groups is 1. The Bertz CT molecular complexity index is 494. The number of benzene rings is 1. The van der Waals surface area contributed by atoms with Crippen molar-refractivity contribution in [3.63, 3.8) is 0 Å². The fourth-order valence-corrected chi connectivity index (χ4v) is 1.48. The van der Waals surface area contributed by atoms with Gasteiger partial charge in [-0.05, 0) is 25.0 Å². The predicted octanol–water partition coefficient (Wildman–Crippen LogP) is 1.37. The van der Waals surface area contributed by atoms with E-state index in [1.807, 2.05) is 32.0 Å². The summed E-state index contributed by atoms with van der Waals surface area (Å²) in [6.45, 7) is 4.07. The standard InChI is InChI=1S/C13H16N4O/c1-4-8-15-13(17-12(14)18)16-11-9(2)6-5-7-10(11)3/h1,5-7H,8H2,2-3H3,(H4,14,15,16,17,18). The molecule has 0 bridgehead atoms. The SMILES string of the molecule is C#CCN=C(NC(N)=O)Nc1c(C)cccc1C. The summed E-state index contributed by atoms with van der Waals surface area (Å²) >= 11 is 0. The van der Waals surface area contributed by atoms with E-state index in [9.17, 15) is 4.79 Å². The van der Waals surface area contributed by atoms with Gasteiger partial charge < -0.3 is 11.1 Å². The molecule has 18 heavy (non-hydrogen) atoms. The lowest BCUT2D eigenvalue weighted by molar-refractivity contribution is 0.253. The van der Waals surface area contributed by atoms with Crippen LogP contribution >= 0.6 is 0 Å². The molecule has 1 aromatic rings. The van der Waals surface area contributed by atoms with Crippen molar-refractivity contribution in [3.05, 3.63) is 29.3 Å². The molecule has 0 radical (unpaired) electrons. The van der Waals surface area contributed by atoms with Crippen molar-refractivity contribution in [2.45, 2.75) is 13.8 Å². The summed E-state index contributed by atoms with van der Waals surface area (Å²) in [5, 5.41) is 5.42. The second kappa shape index (κ2) is 6.30. The monoisotopic (exact) mass is 244 g/mol. The first-order valence-corrected chi connectivity index (χ1v) is 5.42. The number of guanidine groups is 1. The summed E-state index contributed by atoms with van der Waals surface area (Å²) in [4.78, 5) is 14.9. The number of nitrogens with two attached hydrogens (primary N) is 1. The van der Waals surface area contributed by atoms with Crippen LogP contribution in [0.5, 0.6) is 0 Å². The molecule has 0 aliphatic heterocycles. The molecule has 1 aromatic carbocycles. The summed E-state index contributed by atoms with van der Waals surface area (Å²) in [7, 11) is 0. The summed E-state index contributed by atoms with van der Waals surface area (Å²) < 4.78 is 0. The van der Waals surface area contributed by atoms with E-state index < -0.39 is 6.03 Å². The molecule has 0 fully saturated rings. The summed E-state index contributed by atoms with van der Waals surface area (Å²) in [5.74, 6) is 2.61. The number of anilines is 1. The van der Waals surface area contributed by atoms with E-state index in [0.717, 1.165) is 16.8 Å². The van der Waals surface area contributed by atoms with Gasteiger partial charge in [0.15, 0.2) is 0 Å². The van der Waals surface area contributed by atoms with Gasteiger partial charge in [-0.1, -0.05) is 24.1 Å². The first-order chi connectivity index (χ1) is 8.54. The summed E-state index contributed by atoms with van der Waals surface area (Å²) in [6, 6.07) is 5.18. The Morgan fingerprint density at radius 1 is 1.44 bits per heavy atom. The number of hydrogen-bond acceptors (Lipinski definition) is 2. The number of carbonyl (C=O) groups excluding carboxylic acids is 1. The van der Waals surface area contributed by atoms with Crippen LogP contribution in [0.3, 0.4) is 0 Å². The molecule has 4 N–H and O–H groups in total. The molecule has 5 heteroatoms. The smallest absolute Gasteiger partial charge is 0.318 e. The van der Waals surface area contributed by atoms with Gasteiger partial charge in [0.1, 0.15) is 6.54 Å². The van der Waals surface area contributed by atoms with Gasteiger partial charge in [0.25, 0.3) is 0 Å². The third-order valence-electron chi connectivity index (χ3n) is 2.29. The molecule has 0 aliphatic carbocycles. The molecule has 0 heterocycles. The van der Waals surface area contributed by atoms with Gasteiger partial charge in [0, 0.05) is 5.69 Å². The molecule has 94 valence electrons. The minimum Gasteiger partial charge on any atom is -0.351 e. The fourth-order valence-electron chi connectivity index (χ4n) is 1.48. The van der Waals surface area contributed by atoms with Gasteiger partial charge in [0.2, 0.25) is 5.96 Å². The molecule has 0 spiro atoms. The zero-order chi connectivity index (χ0) is 13.5. The van der Waals surface area contributed by atoms with Crippen LogP contribution in [0.2, 0.25) is 0 Å². The maximum absolute atomic E-state index is 10.9. The van der Waals surface area contributed by atoms with Crippen molar-refractivity contribution in [2.75, 3.05) is 11.9 Å². The number of carbonyl (C=O) groups is 1.